The molecule has 2 aromatic heterocycles. The van der Waals surface area contributed by atoms with Gasteiger partial charge < -0.3 is 8.98 Å². The fourth-order valence-corrected chi connectivity index (χ4v) is 4.00. The number of nitrogens with zero attached hydrogens (tertiary/aromatic N) is 1. The monoisotopic (exact) mass is 363 g/mol. The second-order valence-corrected chi connectivity index (χ2v) is 7.22. The molecule has 2 heteroatoms. The van der Waals surface area contributed by atoms with Crippen LogP contribution in [-0.4, -0.2) is 4.57 Å². The number of furan rings is 1. The van der Waals surface area contributed by atoms with E-state index in [1.165, 1.54) is 33.2 Å². The molecule has 2 nitrogen and oxygen atoms in total. The molecule has 5 rings (SSSR count). The Morgan fingerprint density at radius 2 is 1.46 bits per heavy atom. The topological polar surface area (TPSA) is 18.1 Å². The van der Waals surface area contributed by atoms with Gasteiger partial charge in [0.15, 0.2) is 0 Å². The lowest BCUT2D eigenvalue weighted by atomic mass is 9.84. The molecule has 0 spiro atoms. The zero-order valence-electron chi connectivity index (χ0n) is 15.7. The van der Waals surface area contributed by atoms with Crippen LogP contribution < -0.4 is 0 Å². The lowest BCUT2D eigenvalue weighted by molar-refractivity contribution is 0.568. The molecule has 0 unspecified atom stereocenters. The van der Waals surface area contributed by atoms with Gasteiger partial charge in [0.25, 0.3) is 0 Å². The highest BCUT2D eigenvalue weighted by atomic mass is 16.3. The highest BCUT2D eigenvalue weighted by Crippen LogP contribution is 2.34. The largest absolute Gasteiger partial charge is 0.472 e. The van der Waals surface area contributed by atoms with Crippen molar-refractivity contribution in [2.75, 3.05) is 0 Å². The molecule has 0 radical (unpaired) electrons. The zero-order chi connectivity index (χ0) is 18.9. The van der Waals surface area contributed by atoms with E-state index in [1.807, 2.05) is 6.07 Å². The highest BCUT2D eigenvalue weighted by Gasteiger charge is 2.17. The molecule has 0 amide bonds. The number of rotatable bonds is 4. The first-order chi connectivity index (χ1) is 13.8. The Morgan fingerprint density at radius 3 is 2.21 bits per heavy atom. The fourth-order valence-electron chi connectivity index (χ4n) is 4.00. The van der Waals surface area contributed by atoms with E-state index in [2.05, 4.69) is 96.7 Å². The van der Waals surface area contributed by atoms with Gasteiger partial charge in [0.2, 0.25) is 0 Å². The molecule has 0 saturated heterocycles. The lowest BCUT2D eigenvalue weighted by Crippen LogP contribution is -2.03. The van der Waals surface area contributed by atoms with Gasteiger partial charge in [0.1, 0.15) is 0 Å². The van der Waals surface area contributed by atoms with Crippen LogP contribution in [0.15, 0.2) is 108 Å². The summed E-state index contributed by atoms with van der Waals surface area (Å²) in [4.78, 5) is 0. The summed E-state index contributed by atoms with van der Waals surface area (Å²) >= 11 is 0. The number of fused-ring (bicyclic) bond motifs is 1. The third-order valence-electron chi connectivity index (χ3n) is 5.47. The van der Waals surface area contributed by atoms with Crippen LogP contribution in [0.5, 0.6) is 0 Å². The molecular formula is C26H21NO. The van der Waals surface area contributed by atoms with Gasteiger partial charge in [-0.15, -0.1) is 0 Å². The Bertz CT molecular complexity index is 1200. The van der Waals surface area contributed by atoms with Crippen molar-refractivity contribution in [1.29, 1.82) is 0 Å². The van der Waals surface area contributed by atoms with E-state index in [9.17, 15) is 0 Å². The van der Waals surface area contributed by atoms with Gasteiger partial charge in [-0.05, 0) is 51.9 Å². The van der Waals surface area contributed by atoms with E-state index >= 15 is 0 Å². The maximum absolute atomic E-state index is 5.23. The van der Waals surface area contributed by atoms with Crippen LogP contribution in [-0.2, 0) is 7.05 Å². The molecule has 0 aliphatic rings. The SMILES string of the molecule is Cn1ccc2cc([C@H](c3ccccc3)c3ccc(-c4ccoc4)cc3)ccc21. The van der Waals surface area contributed by atoms with Crippen LogP contribution in [0.2, 0.25) is 0 Å². The van der Waals surface area contributed by atoms with Crippen molar-refractivity contribution in [2.45, 2.75) is 5.92 Å². The Labute approximate surface area is 164 Å². The molecule has 0 fully saturated rings. The Hall–Kier alpha value is -3.52. The van der Waals surface area contributed by atoms with Crippen molar-refractivity contribution in [3.05, 3.63) is 120 Å². The number of benzene rings is 3. The summed E-state index contributed by atoms with van der Waals surface area (Å²) < 4.78 is 7.39. The predicted octanol–water partition coefficient (Wildman–Crippen LogP) is 6.62. The summed E-state index contributed by atoms with van der Waals surface area (Å²) in [5, 5.41) is 1.27. The van der Waals surface area contributed by atoms with Gasteiger partial charge in [-0.3, -0.25) is 0 Å². The van der Waals surface area contributed by atoms with E-state index in [4.69, 9.17) is 4.42 Å². The summed E-state index contributed by atoms with van der Waals surface area (Å²) in [7, 11) is 2.09. The highest BCUT2D eigenvalue weighted by molar-refractivity contribution is 5.81. The van der Waals surface area contributed by atoms with E-state index in [-0.39, 0.29) is 5.92 Å². The number of aryl methyl sites for hydroxylation is 1. The van der Waals surface area contributed by atoms with Crippen molar-refractivity contribution < 1.29 is 4.42 Å². The third kappa shape index (κ3) is 2.93. The van der Waals surface area contributed by atoms with E-state index < -0.39 is 0 Å². The van der Waals surface area contributed by atoms with Gasteiger partial charge in [-0.1, -0.05) is 60.7 Å². The second-order valence-electron chi connectivity index (χ2n) is 7.22. The van der Waals surface area contributed by atoms with Crippen LogP contribution in [0, 0.1) is 0 Å². The first kappa shape index (κ1) is 16.6. The first-order valence-corrected chi connectivity index (χ1v) is 9.52. The summed E-state index contributed by atoms with van der Waals surface area (Å²) in [6.45, 7) is 0. The smallest absolute Gasteiger partial charge is 0.0980 e. The maximum Gasteiger partial charge on any atom is 0.0980 e. The quantitative estimate of drug-likeness (QED) is 0.328. The van der Waals surface area contributed by atoms with E-state index in [1.54, 1.807) is 12.5 Å². The van der Waals surface area contributed by atoms with Gasteiger partial charge in [-0.25, -0.2) is 0 Å². The van der Waals surface area contributed by atoms with Crippen molar-refractivity contribution in [2.24, 2.45) is 7.05 Å². The molecule has 0 aliphatic carbocycles. The normalized spacial score (nSPS) is 12.3. The van der Waals surface area contributed by atoms with Gasteiger partial charge >= 0.3 is 0 Å². The van der Waals surface area contributed by atoms with Gasteiger partial charge in [0, 0.05) is 30.2 Å². The van der Waals surface area contributed by atoms with Crippen molar-refractivity contribution in [1.82, 2.24) is 4.57 Å². The Kier molecular flexibility index (Phi) is 4.10. The molecule has 5 aromatic rings. The van der Waals surface area contributed by atoms with Crippen LogP contribution >= 0.6 is 0 Å². The summed E-state index contributed by atoms with van der Waals surface area (Å²) in [5.74, 6) is 0.198. The summed E-state index contributed by atoms with van der Waals surface area (Å²) in [5.41, 5.74) is 7.42. The Balaban J connectivity index is 1.62. The molecule has 0 aliphatic heterocycles. The molecule has 136 valence electrons. The first-order valence-electron chi connectivity index (χ1n) is 9.52. The number of hydrogen-bond acceptors (Lipinski definition) is 1. The lowest BCUT2D eigenvalue weighted by Gasteiger charge is -2.19. The molecule has 0 bridgehead atoms. The van der Waals surface area contributed by atoms with Crippen LogP contribution in [0.1, 0.15) is 22.6 Å². The van der Waals surface area contributed by atoms with Crippen molar-refractivity contribution >= 4 is 10.9 Å². The minimum atomic E-state index is 0.198. The molecule has 0 saturated carbocycles. The van der Waals surface area contributed by atoms with Crippen molar-refractivity contribution in [3.8, 4) is 11.1 Å². The summed E-state index contributed by atoms with van der Waals surface area (Å²) in [6, 6.07) is 30.5. The van der Waals surface area contributed by atoms with Crippen LogP contribution in [0.4, 0.5) is 0 Å². The second kappa shape index (κ2) is 6.90. The van der Waals surface area contributed by atoms with E-state index in [0.717, 1.165) is 5.56 Å². The fraction of sp³-hybridized carbons (Fsp3) is 0.0769. The molecular weight excluding hydrogens is 342 g/mol. The number of aromatic nitrogens is 1. The summed E-state index contributed by atoms with van der Waals surface area (Å²) in [6.07, 6.45) is 5.61. The maximum atomic E-state index is 5.23. The third-order valence-corrected chi connectivity index (χ3v) is 5.47. The van der Waals surface area contributed by atoms with Gasteiger partial charge in [0.05, 0.1) is 12.5 Å². The predicted molar refractivity (Wildman–Crippen MR) is 114 cm³/mol. The minimum Gasteiger partial charge on any atom is -0.472 e. The minimum absolute atomic E-state index is 0.198. The standard InChI is InChI=1S/C26H21NO/c1-27-15-13-22-17-23(11-12-25(22)27)26(20-5-3-2-4-6-20)21-9-7-19(8-10-21)24-14-16-28-18-24/h2-18,26H,1H3/t26-/m1/s1. The van der Waals surface area contributed by atoms with E-state index in [0.29, 0.717) is 0 Å². The molecule has 1 atom stereocenters. The van der Waals surface area contributed by atoms with Gasteiger partial charge in [-0.2, -0.15) is 0 Å². The average molecular weight is 363 g/mol. The number of hydrogen-bond donors (Lipinski definition) is 0. The zero-order valence-corrected chi connectivity index (χ0v) is 15.7. The molecule has 3 aromatic carbocycles. The Morgan fingerprint density at radius 1 is 0.714 bits per heavy atom. The molecule has 28 heavy (non-hydrogen) atoms. The average Bonchev–Trinajstić information content (AvgIpc) is 3.40. The molecule has 2 heterocycles. The van der Waals surface area contributed by atoms with Crippen LogP contribution in [0.3, 0.4) is 0 Å². The molecule has 0 N–H and O–H groups in total. The van der Waals surface area contributed by atoms with Crippen LogP contribution in [0.25, 0.3) is 22.0 Å². The van der Waals surface area contributed by atoms with Crippen molar-refractivity contribution in [3.63, 3.8) is 0 Å².